The van der Waals surface area contributed by atoms with E-state index in [4.69, 9.17) is 9.84 Å². The molecule has 1 heterocycles. The number of rotatable bonds is 2. The Kier molecular flexibility index (Phi) is 3.35. The summed E-state index contributed by atoms with van der Waals surface area (Å²) >= 11 is 0. The van der Waals surface area contributed by atoms with Gasteiger partial charge < -0.3 is 14.7 Å². The molecule has 1 saturated heterocycles. The van der Waals surface area contributed by atoms with Gasteiger partial charge in [0.2, 0.25) is 0 Å². The molecule has 94 valence electrons. The lowest BCUT2D eigenvalue weighted by molar-refractivity contribution is 0.0643. The van der Waals surface area contributed by atoms with Gasteiger partial charge in [-0.2, -0.15) is 0 Å². The van der Waals surface area contributed by atoms with E-state index in [0.29, 0.717) is 18.8 Å². The van der Waals surface area contributed by atoms with Crippen molar-refractivity contribution in [2.24, 2.45) is 0 Å². The van der Waals surface area contributed by atoms with Gasteiger partial charge in [-0.3, -0.25) is 0 Å². The first-order valence-electron chi connectivity index (χ1n) is 5.79. The topological polar surface area (TPSA) is 32.7 Å². The molecule has 0 unspecified atom stereocenters. The highest BCUT2D eigenvalue weighted by molar-refractivity contribution is 5.51. The fraction of sp³-hybridized carbons (Fsp3) is 0.538. The quantitative estimate of drug-likeness (QED) is 0.856. The maximum absolute atomic E-state index is 13.5. The molecule has 0 spiro atoms. The number of anilines is 1. The van der Waals surface area contributed by atoms with Crippen LogP contribution in [0.3, 0.4) is 0 Å². The molecule has 0 bridgehead atoms. The molecular weight excluding hydrogens is 221 g/mol. The molecule has 0 atom stereocenters. The number of benzene rings is 1. The van der Waals surface area contributed by atoms with Crippen LogP contribution in [0.1, 0.15) is 19.4 Å². The van der Waals surface area contributed by atoms with E-state index < -0.39 is 0 Å². The van der Waals surface area contributed by atoms with Crippen molar-refractivity contribution >= 4 is 5.69 Å². The molecule has 1 N–H and O–H groups in total. The van der Waals surface area contributed by atoms with Crippen molar-refractivity contribution in [1.29, 1.82) is 0 Å². The van der Waals surface area contributed by atoms with Gasteiger partial charge in [0.05, 0.1) is 25.4 Å². The summed E-state index contributed by atoms with van der Waals surface area (Å²) in [5.41, 5.74) is 1.25. The number of hydrogen-bond donors (Lipinski definition) is 1. The van der Waals surface area contributed by atoms with E-state index >= 15 is 0 Å². The number of ether oxygens (including phenoxy) is 1. The zero-order chi connectivity index (χ0) is 12.5. The number of aliphatic hydroxyl groups is 1. The molecule has 0 radical (unpaired) electrons. The van der Waals surface area contributed by atoms with Crippen LogP contribution in [-0.4, -0.2) is 30.4 Å². The van der Waals surface area contributed by atoms with Crippen LogP contribution in [0.2, 0.25) is 0 Å². The standard InChI is InChI=1S/C13H18FNO2/c1-13(2)9-17-4-3-15(13)12-6-10(8-16)5-11(14)7-12/h5-7,16H,3-4,8-9H2,1-2H3. The molecule has 0 aromatic heterocycles. The van der Waals surface area contributed by atoms with Gasteiger partial charge in [0.15, 0.2) is 0 Å². The van der Waals surface area contributed by atoms with E-state index in [1.165, 1.54) is 12.1 Å². The Morgan fingerprint density at radius 3 is 2.82 bits per heavy atom. The normalized spacial score (nSPS) is 19.4. The molecule has 1 aliphatic heterocycles. The maximum Gasteiger partial charge on any atom is 0.125 e. The number of hydrogen-bond acceptors (Lipinski definition) is 3. The molecule has 1 fully saturated rings. The highest BCUT2D eigenvalue weighted by Gasteiger charge is 2.30. The lowest BCUT2D eigenvalue weighted by Crippen LogP contribution is -2.53. The summed E-state index contributed by atoms with van der Waals surface area (Å²) in [4.78, 5) is 2.12. The molecule has 0 saturated carbocycles. The highest BCUT2D eigenvalue weighted by atomic mass is 19.1. The highest BCUT2D eigenvalue weighted by Crippen LogP contribution is 2.28. The van der Waals surface area contributed by atoms with Gasteiger partial charge in [-0.15, -0.1) is 0 Å². The van der Waals surface area contributed by atoms with Gasteiger partial charge in [0.25, 0.3) is 0 Å². The van der Waals surface area contributed by atoms with Gasteiger partial charge in [-0.1, -0.05) is 0 Å². The minimum atomic E-state index is -0.311. The molecule has 17 heavy (non-hydrogen) atoms. The van der Waals surface area contributed by atoms with Gasteiger partial charge in [0, 0.05) is 12.2 Å². The molecule has 2 rings (SSSR count). The van der Waals surface area contributed by atoms with Crippen LogP contribution >= 0.6 is 0 Å². The molecule has 0 aliphatic carbocycles. The Bertz CT molecular complexity index is 406. The van der Waals surface area contributed by atoms with Crippen LogP contribution in [0.15, 0.2) is 18.2 Å². The van der Waals surface area contributed by atoms with Gasteiger partial charge in [-0.05, 0) is 37.6 Å². The zero-order valence-electron chi connectivity index (χ0n) is 10.2. The van der Waals surface area contributed by atoms with Crippen molar-refractivity contribution < 1.29 is 14.2 Å². The monoisotopic (exact) mass is 239 g/mol. The lowest BCUT2D eigenvalue weighted by Gasteiger charge is -2.44. The Labute approximate surface area is 101 Å². The Morgan fingerprint density at radius 1 is 1.41 bits per heavy atom. The SMILES string of the molecule is CC1(C)COCCN1c1cc(F)cc(CO)c1. The number of aliphatic hydroxyl groups excluding tert-OH is 1. The predicted molar refractivity (Wildman–Crippen MR) is 64.6 cm³/mol. The smallest absolute Gasteiger partial charge is 0.125 e. The van der Waals surface area contributed by atoms with Crippen LogP contribution in [-0.2, 0) is 11.3 Å². The summed E-state index contributed by atoms with van der Waals surface area (Å²) in [5, 5.41) is 9.11. The minimum absolute atomic E-state index is 0.143. The summed E-state index contributed by atoms with van der Waals surface area (Å²) < 4.78 is 18.9. The predicted octanol–water partition coefficient (Wildman–Crippen LogP) is 1.93. The van der Waals surface area contributed by atoms with Crippen molar-refractivity contribution in [3.8, 4) is 0 Å². The number of nitrogens with zero attached hydrogens (tertiary/aromatic N) is 1. The summed E-state index contributed by atoms with van der Waals surface area (Å²) in [6.45, 7) is 5.99. The third-order valence-electron chi connectivity index (χ3n) is 3.08. The lowest BCUT2D eigenvalue weighted by atomic mass is 10.0. The molecule has 1 aromatic carbocycles. The van der Waals surface area contributed by atoms with Crippen LogP contribution in [0.4, 0.5) is 10.1 Å². The molecular formula is C13H18FNO2. The van der Waals surface area contributed by atoms with E-state index in [1.54, 1.807) is 0 Å². The third kappa shape index (κ3) is 2.58. The van der Waals surface area contributed by atoms with E-state index in [1.807, 2.05) is 6.07 Å². The van der Waals surface area contributed by atoms with Crippen LogP contribution < -0.4 is 4.90 Å². The summed E-state index contributed by atoms with van der Waals surface area (Å²) in [6, 6.07) is 4.69. The van der Waals surface area contributed by atoms with Crippen molar-refractivity contribution in [2.75, 3.05) is 24.7 Å². The van der Waals surface area contributed by atoms with E-state index in [-0.39, 0.29) is 18.0 Å². The largest absolute Gasteiger partial charge is 0.392 e. The second-order valence-corrected chi connectivity index (χ2v) is 4.99. The van der Waals surface area contributed by atoms with Gasteiger partial charge in [-0.25, -0.2) is 4.39 Å². The van der Waals surface area contributed by atoms with E-state index in [9.17, 15) is 4.39 Å². The van der Waals surface area contributed by atoms with Crippen molar-refractivity contribution in [3.63, 3.8) is 0 Å². The average Bonchev–Trinajstić information content (AvgIpc) is 2.27. The van der Waals surface area contributed by atoms with Gasteiger partial charge in [0.1, 0.15) is 5.82 Å². The first-order chi connectivity index (χ1) is 8.03. The summed E-state index contributed by atoms with van der Waals surface area (Å²) in [5.74, 6) is -0.311. The summed E-state index contributed by atoms with van der Waals surface area (Å²) in [7, 11) is 0. The second-order valence-electron chi connectivity index (χ2n) is 4.99. The van der Waals surface area contributed by atoms with Crippen molar-refractivity contribution in [1.82, 2.24) is 0 Å². The van der Waals surface area contributed by atoms with Crippen molar-refractivity contribution in [3.05, 3.63) is 29.6 Å². The molecule has 1 aliphatic rings. The summed E-state index contributed by atoms with van der Waals surface area (Å²) in [6.07, 6.45) is 0. The minimum Gasteiger partial charge on any atom is -0.392 e. The molecule has 1 aromatic rings. The third-order valence-corrected chi connectivity index (χ3v) is 3.08. The van der Waals surface area contributed by atoms with Crippen LogP contribution in [0.25, 0.3) is 0 Å². The van der Waals surface area contributed by atoms with Crippen LogP contribution in [0, 0.1) is 5.82 Å². The molecule has 3 nitrogen and oxygen atoms in total. The fourth-order valence-electron chi connectivity index (χ4n) is 2.22. The first-order valence-corrected chi connectivity index (χ1v) is 5.79. The van der Waals surface area contributed by atoms with E-state index in [2.05, 4.69) is 18.7 Å². The second kappa shape index (κ2) is 4.63. The first kappa shape index (κ1) is 12.3. The van der Waals surface area contributed by atoms with Crippen LogP contribution in [0.5, 0.6) is 0 Å². The Balaban J connectivity index is 2.35. The van der Waals surface area contributed by atoms with E-state index in [0.717, 1.165) is 12.2 Å². The average molecular weight is 239 g/mol. The Hall–Kier alpha value is -1.13. The number of morpholine rings is 1. The molecule has 0 amide bonds. The maximum atomic E-state index is 13.5. The number of halogens is 1. The Morgan fingerprint density at radius 2 is 2.18 bits per heavy atom. The molecule has 4 heteroatoms. The van der Waals surface area contributed by atoms with Crippen molar-refractivity contribution in [2.45, 2.75) is 26.0 Å². The fourth-order valence-corrected chi connectivity index (χ4v) is 2.22. The van der Waals surface area contributed by atoms with Gasteiger partial charge >= 0.3 is 0 Å². The zero-order valence-corrected chi connectivity index (χ0v) is 10.2.